The van der Waals surface area contributed by atoms with E-state index < -0.39 is 28.1 Å². The number of benzene rings is 2. The van der Waals surface area contributed by atoms with Crippen molar-refractivity contribution < 1.29 is 13.7 Å². The quantitative estimate of drug-likeness (QED) is 0.164. The highest BCUT2D eigenvalue weighted by Crippen LogP contribution is 2.37. The van der Waals surface area contributed by atoms with Crippen molar-refractivity contribution in [3.05, 3.63) is 93.1 Å². The minimum atomic E-state index is -0.726. The standard InChI is InChI=1S/C14H12Cl2FN3O3.C14H13Cl2FN2O/c15-9-7-10(16)11(20(22)23)6-8(9)12-13(17)18-4-2-1-3-5-19(18)14(12)21;15-9-4-5-10(11(16)8-9)12-13(17)18-6-2-1-3-7-19(18)14(12)20/h6-7H,1-5H2;4-5,8H,1-3,6-7H2. The van der Waals surface area contributed by atoms with E-state index in [1.54, 1.807) is 12.1 Å². The normalized spacial score (nSPS) is 14.7. The van der Waals surface area contributed by atoms with Crippen LogP contribution in [0.5, 0.6) is 0 Å². The molecular weight excluding hydrogens is 650 g/mol. The summed E-state index contributed by atoms with van der Waals surface area (Å²) in [6.45, 7) is 1.85. The van der Waals surface area contributed by atoms with E-state index in [9.17, 15) is 28.5 Å². The smallest absolute Gasteiger partial charge is 0.267 e. The molecule has 0 atom stereocenters. The lowest BCUT2D eigenvalue weighted by Gasteiger charge is -2.06. The zero-order valence-corrected chi connectivity index (χ0v) is 25.6. The van der Waals surface area contributed by atoms with Gasteiger partial charge in [0.05, 0.1) is 15.0 Å². The van der Waals surface area contributed by atoms with Gasteiger partial charge in [-0.15, -0.1) is 0 Å². The third-order valence-electron chi connectivity index (χ3n) is 7.53. The maximum Gasteiger partial charge on any atom is 0.288 e. The predicted molar refractivity (Wildman–Crippen MR) is 163 cm³/mol. The van der Waals surface area contributed by atoms with Gasteiger partial charge in [-0.05, 0) is 56.7 Å². The van der Waals surface area contributed by atoms with Gasteiger partial charge in [0.25, 0.3) is 16.8 Å². The molecule has 2 aromatic heterocycles. The van der Waals surface area contributed by atoms with E-state index in [1.165, 1.54) is 24.8 Å². The topological polar surface area (TPSA) is 97.0 Å². The van der Waals surface area contributed by atoms with Crippen LogP contribution >= 0.6 is 46.4 Å². The number of hydrogen-bond acceptors (Lipinski definition) is 4. The van der Waals surface area contributed by atoms with Crippen LogP contribution in [0.2, 0.25) is 20.1 Å². The van der Waals surface area contributed by atoms with Crippen molar-refractivity contribution in [3.8, 4) is 22.3 Å². The molecular formula is C28H25Cl4F2N5O4. The highest BCUT2D eigenvalue weighted by atomic mass is 35.5. The first-order valence-corrected chi connectivity index (χ1v) is 15.1. The Morgan fingerprint density at radius 3 is 1.58 bits per heavy atom. The maximum atomic E-state index is 14.7. The zero-order chi connectivity index (χ0) is 31.0. The number of rotatable bonds is 3. The Balaban J connectivity index is 0.000000173. The average molecular weight is 675 g/mol. The highest BCUT2D eigenvalue weighted by Gasteiger charge is 2.27. The molecule has 0 fully saturated rings. The van der Waals surface area contributed by atoms with Crippen LogP contribution in [0.15, 0.2) is 39.9 Å². The van der Waals surface area contributed by atoms with E-state index in [1.807, 2.05) is 0 Å². The summed E-state index contributed by atoms with van der Waals surface area (Å²) in [6.07, 6.45) is 5.22. The highest BCUT2D eigenvalue weighted by molar-refractivity contribution is 6.37. The summed E-state index contributed by atoms with van der Waals surface area (Å²) in [5, 5.41) is 11.6. The van der Waals surface area contributed by atoms with Crippen LogP contribution in [0.3, 0.4) is 0 Å². The molecule has 0 spiro atoms. The van der Waals surface area contributed by atoms with Crippen molar-refractivity contribution in [3.63, 3.8) is 0 Å². The number of halogens is 6. The summed E-state index contributed by atoms with van der Waals surface area (Å²) < 4.78 is 34.8. The van der Waals surface area contributed by atoms with E-state index in [0.717, 1.165) is 50.7 Å². The minimum absolute atomic E-state index is 0.00189. The first-order valence-electron chi connectivity index (χ1n) is 13.6. The van der Waals surface area contributed by atoms with Crippen LogP contribution in [0, 0.1) is 22.0 Å². The molecule has 0 saturated heterocycles. The summed E-state index contributed by atoms with van der Waals surface area (Å²) in [6, 6.07) is 6.92. The third kappa shape index (κ3) is 6.00. The lowest BCUT2D eigenvalue weighted by atomic mass is 10.1. The fraction of sp³-hybridized carbons (Fsp3) is 0.357. The first-order chi connectivity index (χ1) is 20.5. The lowest BCUT2D eigenvalue weighted by molar-refractivity contribution is -0.384. The van der Waals surface area contributed by atoms with Gasteiger partial charge in [-0.1, -0.05) is 52.5 Å². The van der Waals surface area contributed by atoms with E-state index in [-0.39, 0.29) is 37.3 Å². The molecule has 4 aromatic rings. The molecule has 0 amide bonds. The molecule has 2 aromatic carbocycles. The molecule has 0 aliphatic carbocycles. The summed E-state index contributed by atoms with van der Waals surface area (Å²) in [4.78, 5) is 35.3. The number of fused-ring (bicyclic) bond motifs is 2. The van der Waals surface area contributed by atoms with E-state index >= 15 is 0 Å². The second-order valence-electron chi connectivity index (χ2n) is 10.2. The van der Waals surface area contributed by atoms with Crippen LogP contribution in [0.4, 0.5) is 14.5 Å². The molecule has 228 valence electrons. The van der Waals surface area contributed by atoms with Gasteiger partial charge in [0.15, 0.2) is 0 Å². The summed E-state index contributed by atoms with van der Waals surface area (Å²) in [5.74, 6) is -1.24. The molecule has 0 N–H and O–H groups in total. The van der Waals surface area contributed by atoms with Crippen LogP contribution in [-0.2, 0) is 26.2 Å². The number of nitro benzene ring substituents is 1. The molecule has 0 unspecified atom stereocenters. The minimum Gasteiger partial charge on any atom is -0.267 e. The predicted octanol–water partition coefficient (Wildman–Crippen LogP) is 7.80. The van der Waals surface area contributed by atoms with Gasteiger partial charge in [0.2, 0.25) is 11.9 Å². The van der Waals surface area contributed by atoms with E-state index in [0.29, 0.717) is 36.8 Å². The number of aromatic nitrogens is 4. The van der Waals surface area contributed by atoms with Gasteiger partial charge in [0.1, 0.15) is 16.1 Å². The maximum absolute atomic E-state index is 14.7. The lowest BCUT2D eigenvalue weighted by Crippen LogP contribution is -2.22. The molecule has 0 radical (unpaired) electrons. The van der Waals surface area contributed by atoms with Crippen LogP contribution in [0.25, 0.3) is 22.3 Å². The number of hydrogen-bond donors (Lipinski definition) is 0. The second kappa shape index (κ2) is 12.9. The summed E-state index contributed by atoms with van der Waals surface area (Å²) in [5.41, 5.74) is -1.12. The number of nitrogens with zero attached hydrogens (tertiary/aromatic N) is 5. The zero-order valence-electron chi connectivity index (χ0n) is 22.6. The molecule has 15 heteroatoms. The van der Waals surface area contributed by atoms with E-state index in [2.05, 4.69) is 0 Å². The fourth-order valence-electron chi connectivity index (χ4n) is 5.42. The fourth-order valence-corrected chi connectivity index (χ4v) is 6.47. The number of nitro groups is 1. The average Bonchev–Trinajstić information content (AvgIpc) is 3.20. The van der Waals surface area contributed by atoms with Gasteiger partial charge in [-0.3, -0.25) is 29.1 Å². The molecule has 2 aliphatic heterocycles. The SMILES string of the molecule is O=c1c(-c2cc([N+](=O)[O-])c(Cl)cc2Cl)c(F)n2n1CCCCC2.O=c1c(-c2ccc(Cl)cc2Cl)c(F)n2n1CCCCC2. The Hall–Kier alpha value is -3.12. The van der Waals surface area contributed by atoms with Crippen molar-refractivity contribution in [2.75, 3.05) is 0 Å². The summed E-state index contributed by atoms with van der Waals surface area (Å²) >= 11 is 23.8. The first kappa shape index (κ1) is 31.3. The largest absolute Gasteiger partial charge is 0.288 e. The van der Waals surface area contributed by atoms with Gasteiger partial charge >= 0.3 is 0 Å². The van der Waals surface area contributed by atoms with Crippen molar-refractivity contribution >= 4 is 52.1 Å². The van der Waals surface area contributed by atoms with Crippen LogP contribution in [0.1, 0.15) is 38.5 Å². The van der Waals surface area contributed by atoms with Gasteiger partial charge in [-0.2, -0.15) is 8.78 Å². The van der Waals surface area contributed by atoms with Crippen molar-refractivity contribution in [1.29, 1.82) is 0 Å². The Morgan fingerprint density at radius 1 is 0.628 bits per heavy atom. The Bertz CT molecular complexity index is 1850. The van der Waals surface area contributed by atoms with Crippen LogP contribution < -0.4 is 11.1 Å². The van der Waals surface area contributed by atoms with Gasteiger partial charge in [-0.25, -0.2) is 9.36 Å². The van der Waals surface area contributed by atoms with Gasteiger partial charge < -0.3 is 0 Å². The Kier molecular flexibility index (Phi) is 9.36. The Labute approximate surface area is 263 Å². The molecule has 43 heavy (non-hydrogen) atoms. The van der Waals surface area contributed by atoms with Crippen molar-refractivity contribution in [1.82, 2.24) is 18.7 Å². The molecule has 4 heterocycles. The van der Waals surface area contributed by atoms with Crippen molar-refractivity contribution in [2.45, 2.75) is 64.7 Å². The van der Waals surface area contributed by atoms with Gasteiger partial charge in [0, 0.05) is 48.4 Å². The summed E-state index contributed by atoms with van der Waals surface area (Å²) in [7, 11) is 0. The van der Waals surface area contributed by atoms with Crippen LogP contribution in [-0.4, -0.2) is 23.7 Å². The molecule has 2 aliphatic rings. The molecule has 0 bridgehead atoms. The van der Waals surface area contributed by atoms with Crippen molar-refractivity contribution in [2.24, 2.45) is 0 Å². The van der Waals surface area contributed by atoms with E-state index in [4.69, 9.17) is 46.4 Å². The molecule has 0 saturated carbocycles. The third-order valence-corrected chi connectivity index (χ3v) is 8.69. The Morgan fingerprint density at radius 2 is 1.09 bits per heavy atom. The second-order valence-corrected chi connectivity index (χ2v) is 11.9. The molecule has 9 nitrogen and oxygen atoms in total. The monoisotopic (exact) mass is 673 g/mol. The molecule has 6 rings (SSSR count).